The molecule has 2 aliphatic heterocycles. The zero-order valence-electron chi connectivity index (χ0n) is 21.2. The van der Waals surface area contributed by atoms with Gasteiger partial charge in [-0.2, -0.15) is 43.9 Å². The second-order valence-electron chi connectivity index (χ2n) is 10.2. The Balaban J connectivity index is 1.69. The van der Waals surface area contributed by atoms with Gasteiger partial charge in [-0.15, -0.1) is 0 Å². The molecular weight excluding hydrogens is 637 g/mol. The lowest BCUT2D eigenvalue weighted by Gasteiger charge is -2.52. The van der Waals surface area contributed by atoms with Crippen LogP contribution in [0.2, 0.25) is 0 Å². The molecule has 7 N–H and O–H groups in total. The Morgan fingerprint density at radius 2 is 0.977 bits per heavy atom. The summed E-state index contributed by atoms with van der Waals surface area (Å²) in [6.45, 7) is -3.33. The number of alkyl halides is 11. The van der Waals surface area contributed by atoms with E-state index in [1.807, 2.05) is 0 Å². The maximum absolute atomic E-state index is 14.8. The van der Waals surface area contributed by atoms with Crippen molar-refractivity contribution in [3.05, 3.63) is 0 Å². The summed E-state index contributed by atoms with van der Waals surface area (Å²) in [5.74, 6) is -35.9. The summed E-state index contributed by atoms with van der Waals surface area (Å²) in [4.78, 5) is 0. The van der Waals surface area contributed by atoms with Crippen molar-refractivity contribution >= 4 is 0 Å². The van der Waals surface area contributed by atoms with E-state index in [1.54, 1.807) is 0 Å². The van der Waals surface area contributed by atoms with E-state index in [0.29, 0.717) is 0 Å². The van der Waals surface area contributed by atoms with Crippen LogP contribution in [0.15, 0.2) is 0 Å². The fourth-order valence-electron chi connectivity index (χ4n) is 4.81. The maximum Gasteiger partial charge on any atom is 0.384 e. The highest BCUT2D eigenvalue weighted by molar-refractivity contribution is 5.26. The lowest BCUT2D eigenvalue weighted by Crippen LogP contribution is -2.83. The van der Waals surface area contributed by atoms with Crippen LogP contribution >= 0.6 is 0 Å². The van der Waals surface area contributed by atoms with Crippen molar-refractivity contribution in [2.24, 2.45) is 0 Å². The molecule has 3 rings (SSSR count). The minimum atomic E-state index is -7.36. The van der Waals surface area contributed by atoms with Crippen LogP contribution in [0.5, 0.6) is 0 Å². The number of aliphatic hydroxyl groups excluding tert-OH is 7. The molecule has 0 aromatic carbocycles. The third kappa shape index (κ3) is 5.19. The number of halogens is 11. The highest BCUT2D eigenvalue weighted by Crippen LogP contribution is 2.70. The zero-order chi connectivity index (χ0) is 33.1. The van der Waals surface area contributed by atoms with Crippen molar-refractivity contribution in [1.82, 2.24) is 0 Å². The first-order chi connectivity index (χ1) is 19.5. The molecule has 3 aliphatic rings. The van der Waals surface area contributed by atoms with Crippen LogP contribution in [-0.2, 0) is 18.9 Å². The van der Waals surface area contributed by atoms with Crippen LogP contribution in [-0.4, -0.2) is 152 Å². The minimum absolute atomic E-state index is 0.897. The molecule has 43 heavy (non-hydrogen) atoms. The molecule has 1 aliphatic carbocycles. The van der Waals surface area contributed by atoms with E-state index in [4.69, 9.17) is 18.9 Å². The van der Waals surface area contributed by atoms with Crippen molar-refractivity contribution in [3.8, 4) is 0 Å². The average molecular weight is 664 g/mol. The normalized spacial score (nSPS) is 42.8. The molecule has 22 heteroatoms. The Morgan fingerprint density at radius 1 is 0.535 bits per heavy atom. The van der Waals surface area contributed by atoms with Crippen molar-refractivity contribution in [3.63, 3.8) is 0 Å². The molecule has 0 amide bonds. The second-order valence-corrected chi connectivity index (χ2v) is 10.2. The number of aliphatic hydroxyl groups is 7. The summed E-state index contributed by atoms with van der Waals surface area (Å²) in [5.41, 5.74) is -6.23. The highest BCUT2D eigenvalue weighted by Gasteiger charge is 3.00. The molecule has 1 saturated carbocycles. The van der Waals surface area contributed by atoms with Gasteiger partial charge in [0.15, 0.2) is 12.6 Å². The van der Waals surface area contributed by atoms with Gasteiger partial charge in [-0.3, -0.25) is 0 Å². The van der Waals surface area contributed by atoms with E-state index in [9.17, 15) is 84.0 Å². The summed E-state index contributed by atoms with van der Waals surface area (Å²) in [5, 5.41) is 69.2. The molecule has 254 valence electrons. The summed E-state index contributed by atoms with van der Waals surface area (Å²) in [6, 6.07) is 0. The molecule has 0 bridgehead atoms. The minimum Gasteiger partial charge on any atom is -0.394 e. The van der Waals surface area contributed by atoms with Gasteiger partial charge in [-0.25, -0.2) is 4.39 Å². The van der Waals surface area contributed by atoms with Crippen LogP contribution in [0.1, 0.15) is 12.8 Å². The standard InChI is InChI=1S/C21H27F11O11/c22-16(17(23,24)19(27,28)21(31,32)20(29,30)18(16,25)26)2-1-3-40-14-12(39)10(37)13(7(5-34)42-14)43-15-11(38)9(36)8(35)6(4-33)41-15/h6-15,33-39H,1-5H2/t6?,7?,8-,9+,10-,11?,12?,13-,14-,15-/m1/s1. The fourth-order valence-corrected chi connectivity index (χ4v) is 4.81. The zero-order valence-corrected chi connectivity index (χ0v) is 21.2. The number of rotatable bonds is 9. The monoisotopic (exact) mass is 664 g/mol. The Hall–Kier alpha value is -1.21. The van der Waals surface area contributed by atoms with Crippen LogP contribution in [0, 0.1) is 0 Å². The average Bonchev–Trinajstić information content (AvgIpc) is 2.93. The molecule has 0 radical (unpaired) electrons. The predicted octanol–water partition coefficient (Wildman–Crippen LogP) is -0.694. The smallest absolute Gasteiger partial charge is 0.384 e. The number of hydrogen-bond donors (Lipinski definition) is 7. The molecule has 2 saturated heterocycles. The Labute approximate surface area is 233 Å². The van der Waals surface area contributed by atoms with Gasteiger partial charge in [-0.1, -0.05) is 0 Å². The SMILES string of the molecule is OCC1O[C@H](O[C@@H]2C(CO)O[C@@H](OCCCC3(F)C(F)(F)C(F)(F)C(F)(F)C(F)(F)C3(F)F)C(O)[C@H]2O)C(O)[C@@H](O)[C@@H]1O. The van der Waals surface area contributed by atoms with E-state index < -0.39 is 129 Å². The van der Waals surface area contributed by atoms with Gasteiger partial charge in [0.25, 0.3) is 0 Å². The first kappa shape index (κ1) is 36.3. The van der Waals surface area contributed by atoms with Gasteiger partial charge in [-0.05, 0) is 12.8 Å². The number of ether oxygens (including phenoxy) is 4. The molecule has 0 aromatic heterocycles. The molecule has 11 nitrogen and oxygen atoms in total. The molecule has 4 unspecified atom stereocenters. The summed E-state index contributed by atoms with van der Waals surface area (Å²) < 4.78 is 172. The Morgan fingerprint density at radius 3 is 1.47 bits per heavy atom. The van der Waals surface area contributed by atoms with Gasteiger partial charge >= 0.3 is 29.6 Å². The van der Waals surface area contributed by atoms with Crippen molar-refractivity contribution in [2.45, 2.75) is 110 Å². The summed E-state index contributed by atoms with van der Waals surface area (Å²) >= 11 is 0. The lowest BCUT2D eigenvalue weighted by atomic mass is 9.70. The van der Waals surface area contributed by atoms with Gasteiger partial charge in [0, 0.05) is 6.61 Å². The highest BCUT2D eigenvalue weighted by atomic mass is 19.4. The largest absolute Gasteiger partial charge is 0.394 e. The van der Waals surface area contributed by atoms with E-state index >= 15 is 0 Å². The number of hydrogen-bond acceptors (Lipinski definition) is 11. The van der Waals surface area contributed by atoms with E-state index in [2.05, 4.69) is 0 Å². The second kappa shape index (κ2) is 11.9. The summed E-state index contributed by atoms with van der Waals surface area (Å²) in [6.07, 6.45) is -23.7. The van der Waals surface area contributed by atoms with E-state index in [0.717, 1.165) is 0 Å². The first-order valence-electron chi connectivity index (χ1n) is 12.3. The van der Waals surface area contributed by atoms with Gasteiger partial charge in [0.05, 0.1) is 13.2 Å². The Bertz CT molecular complexity index is 943. The lowest BCUT2D eigenvalue weighted by molar-refractivity contribution is -0.485. The van der Waals surface area contributed by atoms with Gasteiger partial charge < -0.3 is 54.7 Å². The van der Waals surface area contributed by atoms with E-state index in [-0.39, 0.29) is 0 Å². The first-order valence-corrected chi connectivity index (χ1v) is 12.3. The fraction of sp³-hybridized carbons (Fsp3) is 1.00. The van der Waals surface area contributed by atoms with Crippen LogP contribution < -0.4 is 0 Å². The van der Waals surface area contributed by atoms with Gasteiger partial charge in [0.1, 0.15) is 48.8 Å². The van der Waals surface area contributed by atoms with Crippen LogP contribution in [0.3, 0.4) is 0 Å². The molecule has 10 atom stereocenters. The topological polar surface area (TPSA) is 179 Å². The van der Waals surface area contributed by atoms with Gasteiger partial charge in [0.2, 0.25) is 5.67 Å². The third-order valence-corrected chi connectivity index (χ3v) is 7.48. The third-order valence-electron chi connectivity index (χ3n) is 7.48. The van der Waals surface area contributed by atoms with Crippen LogP contribution in [0.4, 0.5) is 48.3 Å². The van der Waals surface area contributed by atoms with Crippen molar-refractivity contribution < 1.29 is 103 Å². The van der Waals surface area contributed by atoms with Crippen molar-refractivity contribution in [2.75, 3.05) is 19.8 Å². The van der Waals surface area contributed by atoms with E-state index in [1.165, 1.54) is 0 Å². The molecular formula is C21H27F11O11. The molecule has 0 aromatic rings. The van der Waals surface area contributed by atoms with Crippen molar-refractivity contribution in [1.29, 1.82) is 0 Å². The quantitative estimate of drug-likeness (QED) is 0.123. The van der Waals surface area contributed by atoms with Crippen LogP contribution in [0.25, 0.3) is 0 Å². The molecule has 0 spiro atoms. The predicted molar refractivity (Wildman–Crippen MR) is 110 cm³/mol. The molecule has 3 fully saturated rings. The Kier molecular flexibility index (Phi) is 10.0. The maximum atomic E-state index is 14.8. The molecule has 2 heterocycles. The summed E-state index contributed by atoms with van der Waals surface area (Å²) in [7, 11) is 0.